The highest BCUT2D eigenvalue weighted by atomic mass is 127. The molecule has 0 unspecified atom stereocenters. The molecule has 0 aromatic carbocycles. The summed E-state index contributed by atoms with van der Waals surface area (Å²) in [6, 6.07) is 2.16. The van der Waals surface area contributed by atoms with Crippen molar-refractivity contribution in [2.75, 3.05) is 13.1 Å². The Labute approximate surface area is 165 Å². The van der Waals surface area contributed by atoms with Crippen LogP contribution in [0.1, 0.15) is 43.4 Å². The first kappa shape index (κ1) is 21.0. The summed E-state index contributed by atoms with van der Waals surface area (Å²) in [5.74, 6) is 1.78. The lowest BCUT2D eigenvalue weighted by molar-refractivity contribution is 0.380. The van der Waals surface area contributed by atoms with E-state index in [4.69, 9.17) is 4.52 Å². The molecule has 5 nitrogen and oxygen atoms in total. The summed E-state index contributed by atoms with van der Waals surface area (Å²) in [4.78, 5) is 4.69. The van der Waals surface area contributed by atoms with Crippen molar-refractivity contribution >= 4 is 41.3 Å². The number of hydrogen-bond donors (Lipinski definition) is 2. The van der Waals surface area contributed by atoms with E-state index in [0.29, 0.717) is 6.54 Å². The van der Waals surface area contributed by atoms with Crippen molar-refractivity contribution in [3.05, 3.63) is 39.4 Å². The molecule has 0 aliphatic carbocycles. The zero-order valence-electron chi connectivity index (χ0n) is 14.6. The number of aromatic nitrogens is 1. The fraction of sp³-hybridized carbons (Fsp3) is 0.529. The minimum Gasteiger partial charge on any atom is -0.361 e. The molecule has 2 rings (SSSR count). The Hall–Kier alpha value is -1.09. The van der Waals surface area contributed by atoms with Crippen LogP contribution in [0.25, 0.3) is 0 Å². The molecule has 24 heavy (non-hydrogen) atoms. The van der Waals surface area contributed by atoms with Gasteiger partial charge < -0.3 is 15.2 Å². The number of aliphatic imine (C=N–C) groups is 1. The average Bonchev–Trinajstić information content (AvgIpc) is 3.21. The number of guanidine groups is 1. The molecule has 0 spiro atoms. The number of hydrogen-bond acceptors (Lipinski definition) is 4. The summed E-state index contributed by atoms with van der Waals surface area (Å²) in [5, 5.41) is 15.1. The van der Waals surface area contributed by atoms with Crippen molar-refractivity contribution in [2.45, 2.75) is 46.6 Å². The molecule has 0 aliphatic heterocycles. The highest BCUT2D eigenvalue weighted by Gasteiger charge is 2.12. The van der Waals surface area contributed by atoms with Gasteiger partial charge in [-0.25, -0.2) is 4.99 Å². The highest BCUT2D eigenvalue weighted by Crippen LogP contribution is 2.16. The van der Waals surface area contributed by atoms with Crippen LogP contribution in [-0.4, -0.2) is 24.2 Å². The largest absolute Gasteiger partial charge is 0.361 e. The Bertz CT molecular complexity index is 589. The molecule has 0 atom stereocenters. The Morgan fingerprint density at radius 2 is 2.08 bits per heavy atom. The van der Waals surface area contributed by atoms with E-state index in [1.54, 1.807) is 11.3 Å². The lowest BCUT2D eigenvalue weighted by atomic mass is 10.1. The normalized spacial score (nSPS) is 11.2. The van der Waals surface area contributed by atoms with Crippen LogP contribution in [-0.2, 0) is 25.8 Å². The molecule has 0 fully saturated rings. The number of nitrogens with zero attached hydrogens (tertiary/aromatic N) is 2. The molecule has 0 aliphatic rings. The van der Waals surface area contributed by atoms with E-state index in [0.717, 1.165) is 55.3 Å². The van der Waals surface area contributed by atoms with Crippen molar-refractivity contribution in [1.82, 2.24) is 15.8 Å². The van der Waals surface area contributed by atoms with Gasteiger partial charge in [0.2, 0.25) is 0 Å². The van der Waals surface area contributed by atoms with Gasteiger partial charge in [-0.3, -0.25) is 0 Å². The van der Waals surface area contributed by atoms with Gasteiger partial charge >= 0.3 is 0 Å². The van der Waals surface area contributed by atoms with Crippen LogP contribution in [0, 0.1) is 0 Å². The second-order valence-electron chi connectivity index (χ2n) is 5.24. The van der Waals surface area contributed by atoms with Gasteiger partial charge in [0.05, 0.1) is 12.2 Å². The van der Waals surface area contributed by atoms with Crippen molar-refractivity contribution < 1.29 is 4.52 Å². The van der Waals surface area contributed by atoms with E-state index in [2.05, 4.69) is 58.4 Å². The van der Waals surface area contributed by atoms with E-state index in [1.165, 1.54) is 5.56 Å². The number of nitrogens with one attached hydrogen (secondary N) is 2. The van der Waals surface area contributed by atoms with E-state index < -0.39 is 0 Å². The second kappa shape index (κ2) is 11.5. The number of halogens is 1. The monoisotopic (exact) mass is 462 g/mol. The minimum atomic E-state index is 0. The van der Waals surface area contributed by atoms with Crippen molar-refractivity contribution in [3.63, 3.8) is 0 Å². The molecule has 7 heteroatoms. The van der Waals surface area contributed by atoms with Gasteiger partial charge in [0.1, 0.15) is 5.76 Å². The topological polar surface area (TPSA) is 62.5 Å². The summed E-state index contributed by atoms with van der Waals surface area (Å²) in [6.45, 7) is 8.56. The molecular formula is C17H27IN4OS. The predicted octanol–water partition coefficient (Wildman–Crippen LogP) is 3.78. The fourth-order valence-corrected chi connectivity index (χ4v) is 3.08. The highest BCUT2D eigenvalue weighted by molar-refractivity contribution is 14.0. The maximum Gasteiger partial charge on any atom is 0.191 e. The zero-order valence-corrected chi connectivity index (χ0v) is 17.7. The molecule has 2 aromatic rings. The van der Waals surface area contributed by atoms with Crippen molar-refractivity contribution in [2.24, 2.45) is 4.99 Å². The molecule has 0 saturated carbocycles. The molecule has 0 saturated heterocycles. The standard InChI is InChI=1S/C17H26N4OS.HI/c1-4-15-14(16(5-2)22-21-15)11-20-17(18-6-3)19-9-7-13-8-10-23-12-13;/h8,10,12H,4-7,9,11H2,1-3H3,(H2,18,19,20);1H. The molecule has 0 bridgehead atoms. The first-order valence-electron chi connectivity index (χ1n) is 8.27. The maximum absolute atomic E-state index is 5.40. The van der Waals surface area contributed by atoms with Crippen LogP contribution in [0.15, 0.2) is 26.3 Å². The first-order valence-corrected chi connectivity index (χ1v) is 9.22. The summed E-state index contributed by atoms with van der Waals surface area (Å²) >= 11 is 1.73. The van der Waals surface area contributed by atoms with E-state index in [1.807, 2.05) is 0 Å². The second-order valence-corrected chi connectivity index (χ2v) is 6.02. The molecular weight excluding hydrogens is 435 g/mol. The first-order chi connectivity index (χ1) is 11.3. The average molecular weight is 462 g/mol. The van der Waals surface area contributed by atoms with Gasteiger partial charge in [-0.1, -0.05) is 19.0 Å². The van der Waals surface area contributed by atoms with Gasteiger partial charge in [0.25, 0.3) is 0 Å². The third-order valence-corrected chi connectivity index (χ3v) is 4.36. The van der Waals surface area contributed by atoms with Crippen LogP contribution in [0.5, 0.6) is 0 Å². The minimum absolute atomic E-state index is 0. The molecule has 2 N–H and O–H groups in total. The predicted molar refractivity (Wildman–Crippen MR) is 112 cm³/mol. The Balaban J connectivity index is 0.00000288. The van der Waals surface area contributed by atoms with E-state index in [-0.39, 0.29) is 24.0 Å². The van der Waals surface area contributed by atoms with Crippen LogP contribution in [0.3, 0.4) is 0 Å². The lowest BCUT2D eigenvalue weighted by Crippen LogP contribution is -2.38. The van der Waals surface area contributed by atoms with Gasteiger partial charge in [-0.05, 0) is 42.2 Å². The Morgan fingerprint density at radius 3 is 2.71 bits per heavy atom. The Morgan fingerprint density at radius 1 is 1.25 bits per heavy atom. The lowest BCUT2D eigenvalue weighted by Gasteiger charge is -2.11. The van der Waals surface area contributed by atoms with Crippen molar-refractivity contribution in [1.29, 1.82) is 0 Å². The SMILES string of the molecule is CCNC(=NCc1c(CC)noc1CC)NCCc1ccsc1.I. The number of thiophene rings is 1. The molecule has 134 valence electrons. The van der Waals surface area contributed by atoms with E-state index >= 15 is 0 Å². The Kier molecular flexibility index (Phi) is 10.0. The number of aryl methyl sites for hydroxylation is 2. The number of rotatable bonds is 8. The van der Waals surface area contributed by atoms with Crippen LogP contribution >= 0.6 is 35.3 Å². The molecule has 0 amide bonds. The summed E-state index contributed by atoms with van der Waals surface area (Å²) in [6.07, 6.45) is 2.72. The summed E-state index contributed by atoms with van der Waals surface area (Å²) in [7, 11) is 0. The van der Waals surface area contributed by atoms with Crippen LogP contribution in [0.2, 0.25) is 0 Å². The maximum atomic E-state index is 5.40. The third kappa shape index (κ3) is 6.08. The van der Waals surface area contributed by atoms with Crippen LogP contribution in [0.4, 0.5) is 0 Å². The third-order valence-electron chi connectivity index (χ3n) is 3.63. The van der Waals surface area contributed by atoms with Crippen LogP contribution < -0.4 is 10.6 Å². The van der Waals surface area contributed by atoms with Gasteiger partial charge in [0, 0.05) is 25.1 Å². The zero-order chi connectivity index (χ0) is 16.5. The summed E-state index contributed by atoms with van der Waals surface area (Å²) < 4.78 is 5.40. The van der Waals surface area contributed by atoms with E-state index in [9.17, 15) is 0 Å². The summed E-state index contributed by atoms with van der Waals surface area (Å²) in [5.41, 5.74) is 3.50. The smallest absolute Gasteiger partial charge is 0.191 e. The van der Waals surface area contributed by atoms with Crippen molar-refractivity contribution in [3.8, 4) is 0 Å². The molecule has 2 aromatic heterocycles. The van der Waals surface area contributed by atoms with Gasteiger partial charge in [-0.15, -0.1) is 24.0 Å². The molecule has 2 heterocycles. The molecule has 0 radical (unpaired) electrons. The quantitative estimate of drug-likeness (QED) is 0.356. The van der Waals surface area contributed by atoms with Gasteiger partial charge in [0.15, 0.2) is 5.96 Å². The fourth-order valence-electron chi connectivity index (χ4n) is 2.38. The van der Waals surface area contributed by atoms with Gasteiger partial charge in [-0.2, -0.15) is 11.3 Å².